The lowest BCUT2D eigenvalue weighted by Crippen LogP contribution is -2.29. The molecule has 0 unspecified atom stereocenters. The van der Waals surface area contributed by atoms with E-state index in [9.17, 15) is 9.59 Å². The van der Waals surface area contributed by atoms with Crippen LogP contribution in [0.3, 0.4) is 0 Å². The highest BCUT2D eigenvalue weighted by atomic mass is 16.4. The Morgan fingerprint density at radius 2 is 1.88 bits per heavy atom. The molecule has 17 heavy (non-hydrogen) atoms. The van der Waals surface area contributed by atoms with Gasteiger partial charge in [0.1, 0.15) is 12.0 Å². The van der Waals surface area contributed by atoms with Crippen molar-refractivity contribution < 1.29 is 24.2 Å². The van der Waals surface area contributed by atoms with Crippen molar-refractivity contribution in [3.8, 4) is 11.3 Å². The van der Waals surface area contributed by atoms with Gasteiger partial charge in [0.05, 0.1) is 11.0 Å². The summed E-state index contributed by atoms with van der Waals surface area (Å²) in [6.07, 6.45) is 3.05. The van der Waals surface area contributed by atoms with Gasteiger partial charge in [-0.05, 0) is 26.8 Å². The van der Waals surface area contributed by atoms with Crippen molar-refractivity contribution in [2.75, 3.05) is 0 Å². The molecule has 0 bridgehead atoms. The molecule has 2 aliphatic rings. The van der Waals surface area contributed by atoms with Gasteiger partial charge in [0.15, 0.2) is 0 Å². The van der Waals surface area contributed by atoms with Gasteiger partial charge >= 0.3 is 11.9 Å². The van der Waals surface area contributed by atoms with Crippen LogP contribution in [-0.2, 0) is 9.59 Å². The predicted molar refractivity (Wildman–Crippen MR) is 60.5 cm³/mol. The van der Waals surface area contributed by atoms with Crippen LogP contribution in [0.5, 0.6) is 0 Å². The number of furan rings is 1. The highest BCUT2D eigenvalue weighted by Crippen LogP contribution is 2.36. The third-order valence-corrected chi connectivity index (χ3v) is 2.53. The van der Waals surface area contributed by atoms with Crippen LogP contribution >= 0.6 is 0 Å². The Labute approximate surface area is 98.4 Å². The number of carbonyl (C=O) groups is 2. The second kappa shape index (κ2) is 4.45. The SMILES string of the molecule is CC=C(C(=O)O)C(C)(C)C(=O)O.c1oc2cc1-2. The highest BCUT2D eigenvalue weighted by Gasteiger charge is 2.35. The molecule has 1 aliphatic carbocycles. The van der Waals surface area contributed by atoms with Crippen LogP contribution < -0.4 is 0 Å². The van der Waals surface area contributed by atoms with Crippen LogP contribution in [0, 0.1) is 5.41 Å². The van der Waals surface area contributed by atoms with Gasteiger partial charge < -0.3 is 14.6 Å². The van der Waals surface area contributed by atoms with E-state index in [0.29, 0.717) is 0 Å². The first-order valence-corrected chi connectivity index (χ1v) is 5.03. The van der Waals surface area contributed by atoms with Gasteiger partial charge in [-0.1, -0.05) is 6.08 Å². The van der Waals surface area contributed by atoms with E-state index >= 15 is 0 Å². The molecular weight excluding hydrogens is 224 g/mol. The Balaban J connectivity index is 0.000000229. The van der Waals surface area contributed by atoms with E-state index in [0.717, 1.165) is 5.76 Å². The fourth-order valence-corrected chi connectivity index (χ4v) is 1.24. The van der Waals surface area contributed by atoms with E-state index in [1.807, 2.05) is 6.07 Å². The highest BCUT2D eigenvalue weighted by molar-refractivity contribution is 5.95. The number of carboxylic acid groups (broad SMARTS) is 2. The van der Waals surface area contributed by atoms with E-state index in [4.69, 9.17) is 14.6 Å². The van der Waals surface area contributed by atoms with Crippen molar-refractivity contribution in [2.24, 2.45) is 5.41 Å². The summed E-state index contributed by atoms with van der Waals surface area (Å²) in [7, 11) is 0. The molecule has 2 rings (SSSR count). The van der Waals surface area contributed by atoms with Crippen LogP contribution in [0.25, 0.3) is 11.3 Å². The summed E-state index contributed by atoms with van der Waals surface area (Å²) in [6, 6.07) is 2.00. The lowest BCUT2D eigenvalue weighted by molar-refractivity contribution is -0.148. The Morgan fingerprint density at radius 3 is 1.94 bits per heavy atom. The molecular formula is C12H14O5. The van der Waals surface area contributed by atoms with Crippen molar-refractivity contribution in [1.82, 2.24) is 0 Å². The van der Waals surface area contributed by atoms with Crippen LogP contribution in [0.15, 0.2) is 28.4 Å². The van der Waals surface area contributed by atoms with Gasteiger partial charge in [-0.25, -0.2) is 4.79 Å². The molecule has 0 fully saturated rings. The lowest BCUT2D eigenvalue weighted by Gasteiger charge is -2.19. The summed E-state index contributed by atoms with van der Waals surface area (Å²) >= 11 is 0. The molecule has 0 atom stereocenters. The quantitative estimate of drug-likeness (QED) is 0.801. The monoisotopic (exact) mass is 238 g/mol. The normalized spacial score (nSPS) is 12.5. The molecule has 5 nitrogen and oxygen atoms in total. The van der Waals surface area contributed by atoms with Crippen LogP contribution in [0.1, 0.15) is 20.8 Å². The molecule has 5 heteroatoms. The van der Waals surface area contributed by atoms with Gasteiger partial charge in [0, 0.05) is 5.57 Å². The maximum absolute atomic E-state index is 10.6. The minimum atomic E-state index is -1.33. The zero-order valence-electron chi connectivity index (χ0n) is 9.85. The van der Waals surface area contributed by atoms with Crippen molar-refractivity contribution in [3.05, 3.63) is 24.0 Å². The lowest BCUT2D eigenvalue weighted by atomic mass is 9.84. The number of hydrogen-bond donors (Lipinski definition) is 2. The standard InChI is InChI=1S/C8H12O4.C4H2O/c1-4-5(6(9)10)8(2,3)7(11)12;1-3-2-5-4(1)3/h4H,1-3H3,(H,9,10)(H,11,12);1-2H. The number of allylic oxidation sites excluding steroid dienone is 1. The Bertz CT molecular complexity index is 455. The van der Waals surface area contributed by atoms with Gasteiger partial charge in [-0.3, -0.25) is 4.79 Å². The smallest absolute Gasteiger partial charge is 0.332 e. The maximum Gasteiger partial charge on any atom is 0.332 e. The van der Waals surface area contributed by atoms with Crippen molar-refractivity contribution in [1.29, 1.82) is 0 Å². The molecule has 0 radical (unpaired) electrons. The first kappa shape index (κ1) is 13.0. The first-order chi connectivity index (χ1) is 7.80. The van der Waals surface area contributed by atoms with Crippen LogP contribution in [0.2, 0.25) is 0 Å². The molecule has 0 amide bonds. The molecule has 1 heterocycles. The van der Waals surface area contributed by atoms with E-state index in [-0.39, 0.29) is 5.57 Å². The van der Waals surface area contributed by atoms with E-state index < -0.39 is 17.4 Å². The summed E-state index contributed by atoms with van der Waals surface area (Å²) in [6.45, 7) is 4.23. The first-order valence-electron chi connectivity index (χ1n) is 5.03. The van der Waals surface area contributed by atoms with Crippen molar-refractivity contribution in [3.63, 3.8) is 0 Å². The number of carboxylic acids is 2. The third-order valence-electron chi connectivity index (χ3n) is 2.53. The van der Waals surface area contributed by atoms with Gasteiger partial charge in [0.2, 0.25) is 0 Å². The second-order valence-corrected chi connectivity index (χ2v) is 4.14. The largest absolute Gasteiger partial charge is 0.481 e. The minimum Gasteiger partial charge on any atom is -0.481 e. The molecule has 1 aliphatic heterocycles. The summed E-state index contributed by atoms with van der Waals surface area (Å²) in [5.74, 6) is -1.24. The predicted octanol–water partition coefficient (Wildman–Crippen LogP) is 2.39. The summed E-state index contributed by atoms with van der Waals surface area (Å²) < 4.78 is 4.70. The third kappa shape index (κ3) is 2.75. The number of rotatable bonds is 3. The summed E-state index contributed by atoms with van der Waals surface area (Å²) in [5, 5.41) is 17.3. The van der Waals surface area contributed by atoms with Gasteiger partial charge in [-0.15, -0.1) is 0 Å². The molecule has 2 N–H and O–H groups in total. The fourth-order valence-electron chi connectivity index (χ4n) is 1.24. The Hall–Kier alpha value is -2.04. The van der Waals surface area contributed by atoms with Crippen LogP contribution in [-0.4, -0.2) is 22.2 Å². The van der Waals surface area contributed by atoms with Crippen LogP contribution in [0.4, 0.5) is 0 Å². The molecule has 0 spiro atoms. The van der Waals surface area contributed by atoms with E-state index in [1.54, 1.807) is 6.26 Å². The molecule has 0 aromatic carbocycles. The molecule has 0 aromatic rings. The molecule has 0 saturated heterocycles. The van der Waals surface area contributed by atoms with Gasteiger partial charge in [0.25, 0.3) is 0 Å². The Kier molecular flexibility index (Phi) is 3.41. The second-order valence-electron chi connectivity index (χ2n) is 4.14. The summed E-state index contributed by atoms with van der Waals surface area (Å²) in [4.78, 5) is 21.2. The van der Waals surface area contributed by atoms with Gasteiger partial charge in [-0.2, -0.15) is 0 Å². The minimum absolute atomic E-state index is 0.102. The number of fused-ring (bicyclic) bond motifs is 1. The Morgan fingerprint density at radius 1 is 1.35 bits per heavy atom. The van der Waals surface area contributed by atoms with Crippen molar-refractivity contribution in [2.45, 2.75) is 20.8 Å². The molecule has 0 aromatic heterocycles. The average Bonchev–Trinajstić information content (AvgIpc) is 2.73. The molecule has 92 valence electrons. The zero-order chi connectivity index (χ0) is 13.2. The topological polar surface area (TPSA) is 87.7 Å². The zero-order valence-corrected chi connectivity index (χ0v) is 9.85. The number of aliphatic carboxylic acids is 2. The fraction of sp³-hybridized carbons (Fsp3) is 0.333. The van der Waals surface area contributed by atoms with E-state index in [2.05, 4.69) is 0 Å². The van der Waals surface area contributed by atoms with Crippen molar-refractivity contribution >= 4 is 11.9 Å². The summed E-state index contributed by atoms with van der Waals surface area (Å²) in [5.41, 5.74) is -0.138. The molecule has 0 saturated carbocycles. The van der Waals surface area contributed by atoms with E-state index in [1.165, 1.54) is 32.4 Å². The average molecular weight is 238 g/mol. The number of hydrogen-bond acceptors (Lipinski definition) is 3. The maximum atomic E-state index is 10.6.